The van der Waals surface area contributed by atoms with Crippen molar-refractivity contribution in [1.82, 2.24) is 29.9 Å². The second kappa shape index (κ2) is 27.0. The number of pyridine rings is 6. The fourth-order valence-corrected chi connectivity index (χ4v) is 6.88. The Kier molecular flexibility index (Phi) is 21.7. The number of hydrogen-bond donors (Lipinski definition) is 0. The van der Waals surface area contributed by atoms with Gasteiger partial charge in [-0.15, -0.1) is 20.5 Å². The molecule has 0 amide bonds. The topological polar surface area (TPSA) is 268 Å². The smallest absolute Gasteiger partial charge is 0.372 e. The van der Waals surface area contributed by atoms with Crippen molar-refractivity contribution in [3.63, 3.8) is 0 Å². The van der Waals surface area contributed by atoms with Gasteiger partial charge in [-0.05, 0) is 147 Å². The minimum Gasteiger partial charge on any atom is -0.372 e. The predicted molar refractivity (Wildman–Crippen MR) is 239 cm³/mol. The van der Waals surface area contributed by atoms with Crippen molar-refractivity contribution in [3.8, 4) is 67.8 Å². The van der Waals surface area contributed by atoms with Crippen molar-refractivity contribution in [2.75, 3.05) is 36.0 Å². The molecule has 16 nitrogen and oxygen atoms in total. The summed E-state index contributed by atoms with van der Waals surface area (Å²) in [4.78, 5) is 32.3. The van der Waals surface area contributed by atoms with E-state index in [2.05, 4.69) is 130 Å². The van der Waals surface area contributed by atoms with E-state index in [-0.39, 0.29) is 17.1 Å². The first kappa shape index (κ1) is 55.3. The van der Waals surface area contributed by atoms with Crippen LogP contribution in [-0.4, -0.2) is 56.1 Å². The van der Waals surface area contributed by atoms with Gasteiger partial charge < -0.3 is 9.80 Å². The first-order valence-electron chi connectivity index (χ1n) is 21.2. The van der Waals surface area contributed by atoms with E-state index in [9.17, 15) is 0 Å². The molecule has 6 heterocycles. The average Bonchev–Trinajstić information content (AvgIpc) is 3.35. The Hall–Kier alpha value is -6.28. The van der Waals surface area contributed by atoms with Crippen molar-refractivity contribution < 1.29 is 74.8 Å². The molecule has 0 fully saturated rings. The first-order valence-corrected chi connectivity index (χ1v) is 23.7. The molecule has 19 heteroatoms. The van der Waals surface area contributed by atoms with Gasteiger partial charge in [-0.3, -0.25) is 19.9 Å². The van der Waals surface area contributed by atoms with E-state index in [1.807, 2.05) is 72.8 Å². The molecule has 357 valence electrons. The molecule has 1 radical (unpaired) electrons. The SMILES string of the molecule is CCN(CC)c1ccc(-c2cc(-c3ccccn3)nc(-c3ccccn3)c2)cc1.CCN(CC)c1ccc(-c2cc(-c3ccccn3)nc(-c3ccccn3)c2)cc1.[Mn+2].[O-][Cl+3]([O-])([O-])[O-].[O-][Cl+3]([O-])([O-])[O-]. The van der Waals surface area contributed by atoms with Gasteiger partial charge in [0, 0.05) is 62.3 Å². The van der Waals surface area contributed by atoms with E-state index in [4.69, 9.17) is 47.2 Å². The quantitative estimate of drug-likeness (QED) is 0.158. The zero-order chi connectivity index (χ0) is 49.1. The molecule has 69 heavy (non-hydrogen) atoms. The van der Waals surface area contributed by atoms with Crippen LogP contribution in [0.4, 0.5) is 11.4 Å². The Balaban J connectivity index is 0.000000248. The van der Waals surface area contributed by atoms with Crippen LogP contribution in [0, 0.1) is 20.5 Å². The third-order valence-corrected chi connectivity index (χ3v) is 10.0. The second-order valence-corrected chi connectivity index (χ2v) is 15.8. The van der Waals surface area contributed by atoms with E-state index in [0.29, 0.717) is 0 Å². The molecule has 2 aromatic carbocycles. The van der Waals surface area contributed by atoms with E-state index < -0.39 is 20.5 Å². The van der Waals surface area contributed by atoms with E-state index in [1.54, 1.807) is 24.8 Å². The molecule has 6 aromatic heterocycles. The van der Waals surface area contributed by atoms with Crippen LogP contribution in [0.3, 0.4) is 0 Å². The molecule has 0 spiro atoms. The predicted octanol–water partition coefficient (Wildman–Crippen LogP) is 1.92. The number of aromatic nitrogens is 6. The molecule has 0 saturated carbocycles. The Morgan fingerprint density at radius 3 is 0.754 bits per heavy atom. The van der Waals surface area contributed by atoms with Gasteiger partial charge in [0.25, 0.3) is 0 Å². The van der Waals surface area contributed by atoms with Crippen LogP contribution in [0.2, 0.25) is 0 Å². The minimum absolute atomic E-state index is 0. The summed E-state index contributed by atoms with van der Waals surface area (Å²) in [5.41, 5.74) is 13.8. The second-order valence-electron chi connectivity index (χ2n) is 14.3. The zero-order valence-corrected chi connectivity index (χ0v) is 40.7. The van der Waals surface area contributed by atoms with E-state index in [0.717, 1.165) is 94.0 Å². The minimum atomic E-state index is -4.94. The number of halogens is 2. The Morgan fingerprint density at radius 1 is 0.333 bits per heavy atom. The summed E-state index contributed by atoms with van der Waals surface area (Å²) < 4.78 is 67.9. The van der Waals surface area contributed by atoms with Crippen molar-refractivity contribution >= 4 is 11.4 Å². The standard InChI is InChI=1S/2C25H24N4.2ClHO4.Mn/c2*1-3-29(4-2)21-13-11-19(12-14-21)20-17-24(22-9-5-7-15-26-22)28-25(18-20)23-10-6-8-16-27-23;2*2-1(3,4)5;/h2*5-18H,3-4H2,1-2H3;2*(H,2,3,4,5);/q;;;;+2/p-2. The number of hydrogen-bond acceptors (Lipinski definition) is 16. The largest absolute Gasteiger partial charge is 2.00 e. The molecule has 0 N–H and O–H groups in total. The Morgan fingerprint density at radius 2 is 0.565 bits per heavy atom. The summed E-state index contributed by atoms with van der Waals surface area (Å²) in [7, 11) is -9.89. The summed E-state index contributed by atoms with van der Waals surface area (Å²) in [6, 6.07) is 49.4. The number of benzene rings is 2. The molecule has 0 aliphatic heterocycles. The van der Waals surface area contributed by atoms with Gasteiger partial charge in [0.05, 0.1) is 45.6 Å². The summed E-state index contributed by atoms with van der Waals surface area (Å²) in [5.74, 6) is 0. The summed E-state index contributed by atoms with van der Waals surface area (Å²) in [6.45, 7) is 12.7. The molecule has 0 unspecified atom stereocenters. The fourth-order valence-electron chi connectivity index (χ4n) is 6.88. The van der Waals surface area contributed by atoms with E-state index in [1.165, 1.54) is 11.4 Å². The maximum absolute atomic E-state index is 8.49. The van der Waals surface area contributed by atoms with Crippen molar-refractivity contribution in [1.29, 1.82) is 0 Å². The molecule has 0 aliphatic rings. The maximum atomic E-state index is 8.49. The van der Waals surface area contributed by atoms with Gasteiger partial charge in [0.15, 0.2) is 0 Å². The summed E-state index contributed by atoms with van der Waals surface area (Å²) in [5, 5.41) is 0. The van der Waals surface area contributed by atoms with Crippen LogP contribution < -0.4 is 47.1 Å². The molecule has 8 aromatic rings. The molecule has 0 bridgehead atoms. The normalized spacial score (nSPS) is 10.7. The molecular weight excluding hydrogens is 966 g/mol. The van der Waals surface area contributed by atoms with Crippen LogP contribution in [0.1, 0.15) is 27.7 Å². The van der Waals surface area contributed by atoms with Gasteiger partial charge in [-0.1, -0.05) is 48.5 Å². The molecule has 8 rings (SSSR count). The first-order chi connectivity index (χ1) is 32.6. The van der Waals surface area contributed by atoms with Gasteiger partial charge in [0.1, 0.15) is 0 Å². The zero-order valence-electron chi connectivity index (χ0n) is 38.0. The third-order valence-electron chi connectivity index (χ3n) is 10.0. The summed E-state index contributed by atoms with van der Waals surface area (Å²) in [6.07, 6.45) is 7.18. The molecule has 0 aliphatic carbocycles. The van der Waals surface area contributed by atoms with Crippen LogP contribution >= 0.6 is 0 Å². The van der Waals surface area contributed by atoms with Crippen molar-refractivity contribution in [3.05, 3.63) is 170 Å². The molecular formula is C50H48Cl2MnN8O8. The monoisotopic (exact) mass is 1010 g/mol. The van der Waals surface area contributed by atoms with Gasteiger partial charge in [-0.25, -0.2) is 47.2 Å². The van der Waals surface area contributed by atoms with Gasteiger partial charge in [-0.2, -0.15) is 0 Å². The van der Waals surface area contributed by atoms with Crippen LogP contribution in [0.25, 0.3) is 67.8 Å². The van der Waals surface area contributed by atoms with Crippen molar-refractivity contribution in [2.24, 2.45) is 0 Å². The number of rotatable bonds is 12. The average molecular weight is 1010 g/mol. The maximum Gasteiger partial charge on any atom is 2.00 e. The Bertz CT molecular complexity index is 2400. The van der Waals surface area contributed by atoms with Crippen LogP contribution in [0.5, 0.6) is 0 Å². The van der Waals surface area contributed by atoms with Crippen molar-refractivity contribution in [2.45, 2.75) is 27.7 Å². The number of anilines is 2. The van der Waals surface area contributed by atoms with E-state index >= 15 is 0 Å². The van der Waals surface area contributed by atoms with Gasteiger partial charge in [0.2, 0.25) is 0 Å². The molecule has 0 atom stereocenters. The molecule has 0 saturated heterocycles. The summed E-state index contributed by atoms with van der Waals surface area (Å²) >= 11 is 0. The van der Waals surface area contributed by atoms with Crippen LogP contribution in [-0.2, 0) is 17.1 Å². The number of nitrogens with zero attached hydrogens (tertiary/aromatic N) is 8. The fraction of sp³-hybridized carbons (Fsp3) is 0.160. The Labute approximate surface area is 415 Å². The third kappa shape index (κ3) is 18.3. The van der Waals surface area contributed by atoms with Crippen LogP contribution in [0.15, 0.2) is 170 Å². The van der Waals surface area contributed by atoms with Gasteiger partial charge >= 0.3 is 17.1 Å².